The molecule has 0 aromatic heterocycles. The molecule has 0 spiro atoms. The zero-order chi connectivity index (χ0) is 13.3. The number of fused-ring (bicyclic) bond motifs is 1. The molecule has 1 aromatic rings. The molecule has 0 saturated heterocycles. The van der Waals surface area contributed by atoms with Crippen LogP contribution in [0.2, 0.25) is 0 Å². The van der Waals surface area contributed by atoms with E-state index in [-0.39, 0.29) is 11.9 Å². The summed E-state index contributed by atoms with van der Waals surface area (Å²) < 4.78 is 0. The summed E-state index contributed by atoms with van der Waals surface area (Å²) in [5, 5.41) is 2.95. The lowest BCUT2D eigenvalue weighted by Crippen LogP contribution is -2.19. The molecule has 18 heavy (non-hydrogen) atoms. The summed E-state index contributed by atoms with van der Waals surface area (Å²) in [4.78, 5) is 11.5. The maximum absolute atomic E-state index is 11.5. The van der Waals surface area contributed by atoms with Crippen molar-refractivity contribution in [2.24, 2.45) is 11.7 Å². The smallest absolute Gasteiger partial charge is 0.228 e. The molecule has 2 rings (SSSR count). The van der Waals surface area contributed by atoms with Gasteiger partial charge in [-0.05, 0) is 29.0 Å². The second kappa shape index (κ2) is 5.11. The van der Waals surface area contributed by atoms with Gasteiger partial charge in [-0.3, -0.25) is 4.79 Å². The minimum Gasteiger partial charge on any atom is -0.325 e. The van der Waals surface area contributed by atoms with Crippen LogP contribution in [0, 0.1) is 5.92 Å². The Kier molecular flexibility index (Phi) is 3.71. The van der Waals surface area contributed by atoms with Crippen LogP contribution in [0.5, 0.6) is 0 Å². The molecule has 0 bridgehead atoms. The van der Waals surface area contributed by atoms with E-state index < -0.39 is 0 Å². The third-order valence-electron chi connectivity index (χ3n) is 3.96. The van der Waals surface area contributed by atoms with Crippen molar-refractivity contribution >= 4 is 11.6 Å². The van der Waals surface area contributed by atoms with E-state index in [2.05, 4.69) is 38.2 Å². The molecular formula is C15H22N2O. The van der Waals surface area contributed by atoms with Gasteiger partial charge in [0.2, 0.25) is 5.91 Å². The number of nitrogens with two attached hydrogens (primary N) is 1. The van der Waals surface area contributed by atoms with Crippen LogP contribution in [0.3, 0.4) is 0 Å². The number of hydrogen-bond donors (Lipinski definition) is 2. The summed E-state index contributed by atoms with van der Waals surface area (Å²) in [6, 6.07) is 4.31. The Hall–Kier alpha value is -1.35. The number of benzene rings is 1. The van der Waals surface area contributed by atoms with Crippen molar-refractivity contribution in [1.82, 2.24) is 0 Å². The fraction of sp³-hybridized carbons (Fsp3) is 0.533. The molecule has 2 unspecified atom stereocenters. The van der Waals surface area contributed by atoms with Crippen LogP contribution in [-0.2, 0) is 17.6 Å². The molecule has 3 heteroatoms. The first-order chi connectivity index (χ1) is 8.56. The maximum atomic E-state index is 11.5. The number of carbonyl (C=O) groups is 1. The number of aryl methyl sites for hydroxylation is 1. The number of nitrogens with one attached hydrogen (secondary N) is 1. The van der Waals surface area contributed by atoms with E-state index >= 15 is 0 Å². The molecule has 1 amide bonds. The normalized spacial score (nSPS) is 17.2. The van der Waals surface area contributed by atoms with Crippen LogP contribution >= 0.6 is 0 Å². The van der Waals surface area contributed by atoms with E-state index in [9.17, 15) is 4.79 Å². The van der Waals surface area contributed by atoms with E-state index in [0.717, 1.165) is 29.7 Å². The van der Waals surface area contributed by atoms with Gasteiger partial charge in [0.1, 0.15) is 0 Å². The van der Waals surface area contributed by atoms with E-state index in [1.165, 1.54) is 5.56 Å². The van der Waals surface area contributed by atoms with Crippen LogP contribution in [0.4, 0.5) is 5.69 Å². The molecule has 1 aliphatic heterocycles. The first-order valence-corrected chi connectivity index (χ1v) is 6.77. The first-order valence-electron chi connectivity index (χ1n) is 6.77. The highest BCUT2D eigenvalue weighted by Crippen LogP contribution is 2.33. The largest absolute Gasteiger partial charge is 0.325 e. The molecule has 0 radical (unpaired) electrons. The predicted octanol–water partition coefficient (Wildman–Crippen LogP) is 2.79. The third kappa shape index (κ3) is 2.27. The Balaban J connectivity index is 2.40. The van der Waals surface area contributed by atoms with E-state index in [1.807, 2.05) is 0 Å². The van der Waals surface area contributed by atoms with Gasteiger partial charge in [-0.2, -0.15) is 0 Å². The molecule has 2 atom stereocenters. The SMILES string of the molecule is CCc1cc(C(N)C(C)CC)cc2c1NC(=O)C2. The standard InChI is InChI=1S/C15H22N2O/c1-4-9(3)14(16)11-6-10(5-2)15-12(7-11)8-13(18)17-15/h6-7,9,14H,4-5,8,16H2,1-3H3,(H,17,18). The van der Waals surface area contributed by atoms with Gasteiger partial charge in [-0.15, -0.1) is 0 Å². The van der Waals surface area contributed by atoms with Crippen molar-refractivity contribution < 1.29 is 4.79 Å². The second-order valence-electron chi connectivity index (χ2n) is 5.20. The predicted molar refractivity (Wildman–Crippen MR) is 74.5 cm³/mol. The van der Waals surface area contributed by atoms with Crippen LogP contribution in [0.25, 0.3) is 0 Å². The number of hydrogen-bond acceptors (Lipinski definition) is 2. The Labute approximate surface area is 109 Å². The average Bonchev–Trinajstić information content (AvgIpc) is 2.75. The molecule has 0 aliphatic carbocycles. The summed E-state index contributed by atoms with van der Waals surface area (Å²) in [6.07, 6.45) is 2.48. The lowest BCUT2D eigenvalue weighted by Gasteiger charge is -2.20. The van der Waals surface area contributed by atoms with Crippen LogP contribution in [0.1, 0.15) is 49.9 Å². The van der Waals surface area contributed by atoms with Gasteiger partial charge < -0.3 is 11.1 Å². The summed E-state index contributed by atoms with van der Waals surface area (Å²) in [6.45, 7) is 6.44. The zero-order valence-corrected chi connectivity index (χ0v) is 11.4. The van der Waals surface area contributed by atoms with Crippen LogP contribution in [0.15, 0.2) is 12.1 Å². The number of rotatable bonds is 4. The summed E-state index contributed by atoms with van der Waals surface area (Å²) >= 11 is 0. The molecule has 1 aliphatic rings. The van der Waals surface area contributed by atoms with Gasteiger partial charge in [0, 0.05) is 11.7 Å². The Morgan fingerprint density at radius 2 is 2.11 bits per heavy atom. The monoisotopic (exact) mass is 246 g/mol. The molecule has 98 valence electrons. The molecule has 1 aromatic carbocycles. The maximum Gasteiger partial charge on any atom is 0.228 e. The van der Waals surface area contributed by atoms with Crippen LogP contribution < -0.4 is 11.1 Å². The van der Waals surface area contributed by atoms with Gasteiger partial charge in [-0.25, -0.2) is 0 Å². The van der Waals surface area contributed by atoms with Crippen molar-refractivity contribution in [3.05, 3.63) is 28.8 Å². The molecule has 3 N–H and O–H groups in total. The fourth-order valence-corrected chi connectivity index (χ4v) is 2.50. The highest BCUT2D eigenvalue weighted by Gasteiger charge is 2.23. The molecule has 1 heterocycles. The minimum absolute atomic E-state index is 0.0568. The van der Waals surface area contributed by atoms with E-state index in [4.69, 9.17) is 5.73 Å². The lowest BCUT2D eigenvalue weighted by molar-refractivity contribution is -0.115. The topological polar surface area (TPSA) is 55.1 Å². The summed E-state index contributed by atoms with van der Waals surface area (Å²) in [7, 11) is 0. The average molecular weight is 246 g/mol. The van der Waals surface area contributed by atoms with E-state index in [0.29, 0.717) is 12.3 Å². The van der Waals surface area contributed by atoms with Gasteiger partial charge in [0.05, 0.1) is 6.42 Å². The number of anilines is 1. The Bertz CT molecular complexity index is 468. The Morgan fingerprint density at radius 3 is 2.72 bits per heavy atom. The quantitative estimate of drug-likeness (QED) is 0.858. The molecule has 3 nitrogen and oxygen atoms in total. The number of amides is 1. The summed E-state index contributed by atoms with van der Waals surface area (Å²) in [5.41, 5.74) is 10.8. The lowest BCUT2D eigenvalue weighted by atomic mass is 9.90. The van der Waals surface area contributed by atoms with Gasteiger partial charge >= 0.3 is 0 Å². The van der Waals surface area contributed by atoms with Gasteiger partial charge in [0.25, 0.3) is 0 Å². The van der Waals surface area contributed by atoms with Gasteiger partial charge in [0.15, 0.2) is 0 Å². The minimum atomic E-state index is 0.0568. The van der Waals surface area contributed by atoms with Crippen molar-refractivity contribution in [1.29, 1.82) is 0 Å². The highest BCUT2D eigenvalue weighted by atomic mass is 16.1. The van der Waals surface area contributed by atoms with Gasteiger partial charge in [-0.1, -0.05) is 39.3 Å². The third-order valence-corrected chi connectivity index (χ3v) is 3.96. The van der Waals surface area contributed by atoms with Crippen molar-refractivity contribution in [3.8, 4) is 0 Å². The van der Waals surface area contributed by atoms with Crippen molar-refractivity contribution in [2.75, 3.05) is 5.32 Å². The second-order valence-corrected chi connectivity index (χ2v) is 5.20. The first kappa shape index (κ1) is 13.1. The van der Waals surface area contributed by atoms with E-state index in [1.54, 1.807) is 0 Å². The number of carbonyl (C=O) groups excluding carboxylic acids is 1. The van der Waals surface area contributed by atoms with Crippen molar-refractivity contribution in [2.45, 2.75) is 46.1 Å². The molecule has 0 saturated carbocycles. The Morgan fingerprint density at radius 1 is 1.39 bits per heavy atom. The fourth-order valence-electron chi connectivity index (χ4n) is 2.50. The molecule has 0 fully saturated rings. The molecular weight excluding hydrogens is 224 g/mol. The van der Waals surface area contributed by atoms with Crippen molar-refractivity contribution in [3.63, 3.8) is 0 Å². The zero-order valence-electron chi connectivity index (χ0n) is 11.4. The highest BCUT2D eigenvalue weighted by molar-refractivity contribution is 6.00. The van der Waals surface area contributed by atoms with Crippen LogP contribution in [-0.4, -0.2) is 5.91 Å². The summed E-state index contributed by atoms with van der Waals surface area (Å²) in [5.74, 6) is 0.548.